The molecule has 26 heavy (non-hydrogen) atoms. The number of benzene rings is 1. The smallest absolute Gasteiger partial charge is 0.191 e. The number of thiazole rings is 1. The lowest BCUT2D eigenvalue weighted by Gasteiger charge is -2.23. The molecular weight excluding hydrogens is 344 g/mol. The number of rotatable bonds is 9. The first-order valence-electron chi connectivity index (χ1n) is 9.00. The van der Waals surface area contributed by atoms with Gasteiger partial charge >= 0.3 is 0 Å². The zero-order chi connectivity index (χ0) is 18.8. The fourth-order valence-electron chi connectivity index (χ4n) is 2.56. The van der Waals surface area contributed by atoms with Crippen LogP contribution in [0.25, 0.3) is 0 Å². The maximum Gasteiger partial charge on any atom is 0.191 e. The Labute approximate surface area is 161 Å². The van der Waals surface area contributed by atoms with Gasteiger partial charge in [0.1, 0.15) is 0 Å². The van der Waals surface area contributed by atoms with Crippen LogP contribution in [0.2, 0.25) is 0 Å². The van der Waals surface area contributed by atoms with Crippen molar-refractivity contribution >= 4 is 28.1 Å². The largest absolute Gasteiger partial charge is 0.372 e. The standard InChI is InChI=1S/C19H30N6S/c1-5-25(17-10-7-6-8-11-17)13-9-12-21-18(20-2)22-14-16-15-26-19(23-16)24(3)4/h6-8,10-11,15H,5,9,12-14H2,1-4H3,(H2,20,21,22). The molecule has 0 radical (unpaired) electrons. The molecular formula is C19H30N6S. The van der Waals surface area contributed by atoms with Gasteiger partial charge in [-0.3, -0.25) is 4.99 Å². The van der Waals surface area contributed by atoms with E-state index in [-0.39, 0.29) is 0 Å². The molecule has 6 nitrogen and oxygen atoms in total. The number of hydrogen-bond donors (Lipinski definition) is 2. The summed E-state index contributed by atoms with van der Waals surface area (Å²) in [6.07, 6.45) is 1.05. The number of nitrogens with one attached hydrogen (secondary N) is 2. The van der Waals surface area contributed by atoms with Crippen LogP contribution in [-0.2, 0) is 6.54 Å². The lowest BCUT2D eigenvalue weighted by atomic mass is 10.2. The molecule has 2 N–H and O–H groups in total. The van der Waals surface area contributed by atoms with Gasteiger partial charge < -0.3 is 20.4 Å². The molecule has 0 spiro atoms. The monoisotopic (exact) mass is 374 g/mol. The van der Waals surface area contributed by atoms with E-state index in [0.717, 1.165) is 42.8 Å². The lowest BCUT2D eigenvalue weighted by Crippen LogP contribution is -2.38. The quantitative estimate of drug-likeness (QED) is 0.402. The van der Waals surface area contributed by atoms with Crippen molar-refractivity contribution in [3.63, 3.8) is 0 Å². The van der Waals surface area contributed by atoms with E-state index in [9.17, 15) is 0 Å². The number of hydrogen-bond acceptors (Lipinski definition) is 5. The molecule has 0 saturated heterocycles. The van der Waals surface area contributed by atoms with Crippen molar-refractivity contribution in [2.24, 2.45) is 4.99 Å². The zero-order valence-electron chi connectivity index (χ0n) is 16.2. The molecule has 0 unspecified atom stereocenters. The molecule has 7 heteroatoms. The van der Waals surface area contributed by atoms with Crippen LogP contribution < -0.4 is 20.4 Å². The lowest BCUT2D eigenvalue weighted by molar-refractivity contribution is 0.707. The van der Waals surface area contributed by atoms with Gasteiger partial charge in [0.05, 0.1) is 12.2 Å². The molecule has 1 heterocycles. The number of aromatic nitrogens is 1. The van der Waals surface area contributed by atoms with Crippen LogP contribution in [0.3, 0.4) is 0 Å². The van der Waals surface area contributed by atoms with Crippen molar-refractivity contribution in [2.45, 2.75) is 19.9 Å². The minimum Gasteiger partial charge on any atom is -0.372 e. The van der Waals surface area contributed by atoms with Gasteiger partial charge in [-0.05, 0) is 25.5 Å². The van der Waals surface area contributed by atoms with Gasteiger partial charge in [0, 0.05) is 51.8 Å². The van der Waals surface area contributed by atoms with Crippen LogP contribution in [0.15, 0.2) is 40.7 Å². The molecule has 0 amide bonds. The predicted octanol–water partition coefficient (Wildman–Crippen LogP) is 2.79. The molecule has 1 aromatic heterocycles. The van der Waals surface area contributed by atoms with E-state index in [4.69, 9.17) is 0 Å². The summed E-state index contributed by atoms with van der Waals surface area (Å²) in [5, 5.41) is 9.80. The first-order chi connectivity index (χ1) is 12.6. The normalized spacial score (nSPS) is 11.3. The molecule has 0 aliphatic heterocycles. The zero-order valence-corrected chi connectivity index (χ0v) is 17.0. The van der Waals surface area contributed by atoms with Crippen LogP contribution in [0, 0.1) is 0 Å². The Morgan fingerprint density at radius 2 is 1.96 bits per heavy atom. The number of para-hydroxylation sites is 1. The Morgan fingerprint density at radius 1 is 1.19 bits per heavy atom. The second-order valence-electron chi connectivity index (χ2n) is 6.14. The third-order valence-electron chi connectivity index (χ3n) is 3.98. The molecule has 2 aromatic rings. The van der Waals surface area contributed by atoms with Gasteiger partial charge in [-0.2, -0.15) is 0 Å². The fraction of sp³-hybridized carbons (Fsp3) is 0.474. The Kier molecular flexibility index (Phi) is 8.21. The summed E-state index contributed by atoms with van der Waals surface area (Å²) in [5.74, 6) is 0.812. The van der Waals surface area contributed by atoms with Gasteiger partial charge in [-0.15, -0.1) is 11.3 Å². The highest BCUT2D eigenvalue weighted by Crippen LogP contribution is 2.17. The highest BCUT2D eigenvalue weighted by molar-refractivity contribution is 7.13. The summed E-state index contributed by atoms with van der Waals surface area (Å²) in [6.45, 7) is 5.77. The summed E-state index contributed by atoms with van der Waals surface area (Å²) in [6, 6.07) is 10.5. The van der Waals surface area contributed by atoms with Crippen LogP contribution in [0.5, 0.6) is 0 Å². The average Bonchev–Trinajstić information content (AvgIpc) is 3.14. The van der Waals surface area contributed by atoms with Gasteiger partial charge in [-0.25, -0.2) is 4.98 Å². The molecule has 0 bridgehead atoms. The average molecular weight is 375 g/mol. The van der Waals surface area contributed by atoms with Crippen molar-refractivity contribution in [3.05, 3.63) is 41.4 Å². The summed E-state index contributed by atoms with van der Waals surface area (Å²) in [7, 11) is 5.81. The van der Waals surface area contributed by atoms with Gasteiger partial charge in [0.15, 0.2) is 11.1 Å². The van der Waals surface area contributed by atoms with E-state index in [1.807, 2.05) is 19.0 Å². The predicted molar refractivity (Wildman–Crippen MR) is 114 cm³/mol. The number of guanidine groups is 1. The summed E-state index contributed by atoms with van der Waals surface area (Å²) < 4.78 is 0. The first kappa shape index (κ1) is 20.0. The van der Waals surface area contributed by atoms with Crippen molar-refractivity contribution in [3.8, 4) is 0 Å². The Hall–Kier alpha value is -2.28. The molecule has 1 aromatic carbocycles. The highest BCUT2D eigenvalue weighted by atomic mass is 32.1. The Morgan fingerprint density at radius 3 is 2.58 bits per heavy atom. The maximum absolute atomic E-state index is 4.57. The summed E-state index contributed by atoms with van der Waals surface area (Å²) in [4.78, 5) is 13.3. The summed E-state index contributed by atoms with van der Waals surface area (Å²) in [5.41, 5.74) is 2.31. The Bertz CT molecular complexity index is 668. The minimum atomic E-state index is 0.676. The molecule has 142 valence electrons. The van der Waals surface area contributed by atoms with Crippen molar-refractivity contribution in [1.29, 1.82) is 0 Å². The summed E-state index contributed by atoms with van der Waals surface area (Å²) >= 11 is 1.65. The second-order valence-corrected chi connectivity index (χ2v) is 6.97. The second kappa shape index (κ2) is 10.7. The van der Waals surface area contributed by atoms with E-state index in [2.05, 4.69) is 68.1 Å². The van der Waals surface area contributed by atoms with Crippen molar-refractivity contribution < 1.29 is 0 Å². The van der Waals surface area contributed by atoms with E-state index >= 15 is 0 Å². The van der Waals surface area contributed by atoms with E-state index in [1.54, 1.807) is 18.4 Å². The van der Waals surface area contributed by atoms with Gasteiger partial charge in [0.2, 0.25) is 0 Å². The SMILES string of the molecule is CCN(CCCNC(=NC)NCc1csc(N(C)C)n1)c1ccccc1. The first-order valence-corrected chi connectivity index (χ1v) is 9.88. The van der Waals surface area contributed by atoms with E-state index < -0.39 is 0 Å². The minimum absolute atomic E-state index is 0.676. The van der Waals surface area contributed by atoms with Crippen LogP contribution in [0.1, 0.15) is 19.0 Å². The Balaban J connectivity index is 1.71. The molecule has 2 rings (SSSR count). The van der Waals surface area contributed by atoms with Gasteiger partial charge in [0.25, 0.3) is 0 Å². The van der Waals surface area contributed by atoms with Gasteiger partial charge in [-0.1, -0.05) is 18.2 Å². The number of nitrogens with zero attached hydrogens (tertiary/aromatic N) is 4. The van der Waals surface area contributed by atoms with Crippen LogP contribution in [0.4, 0.5) is 10.8 Å². The van der Waals surface area contributed by atoms with Crippen LogP contribution in [-0.4, -0.2) is 51.7 Å². The molecule has 0 aliphatic carbocycles. The molecule has 0 saturated carbocycles. The maximum atomic E-state index is 4.57. The fourth-order valence-corrected chi connectivity index (χ4v) is 3.32. The molecule has 0 aliphatic rings. The third-order valence-corrected chi connectivity index (χ3v) is 5.04. The molecule has 0 fully saturated rings. The van der Waals surface area contributed by atoms with Crippen LogP contribution >= 0.6 is 11.3 Å². The third kappa shape index (κ3) is 6.22. The van der Waals surface area contributed by atoms with E-state index in [0.29, 0.717) is 6.54 Å². The highest BCUT2D eigenvalue weighted by Gasteiger charge is 2.06. The molecule has 0 atom stereocenters. The van der Waals surface area contributed by atoms with E-state index in [1.165, 1.54) is 5.69 Å². The number of anilines is 2. The number of aliphatic imine (C=N–C) groups is 1. The topological polar surface area (TPSA) is 55.8 Å². The van der Waals surface area contributed by atoms with Crippen molar-refractivity contribution in [1.82, 2.24) is 15.6 Å². The van der Waals surface area contributed by atoms with Crippen molar-refractivity contribution in [2.75, 3.05) is 50.6 Å².